The first-order chi connectivity index (χ1) is 8.84. The molecule has 19 heavy (non-hydrogen) atoms. The summed E-state index contributed by atoms with van der Waals surface area (Å²) < 4.78 is 14.8. The van der Waals surface area contributed by atoms with Gasteiger partial charge in [0, 0.05) is 15.1 Å². The molecule has 0 radical (unpaired) electrons. The minimum absolute atomic E-state index is 0.0243. The van der Waals surface area contributed by atoms with Crippen molar-refractivity contribution >= 4 is 39.1 Å². The first-order valence-electron chi connectivity index (χ1n) is 5.53. The first-order valence-corrected chi connectivity index (χ1v) is 7.08. The Morgan fingerprint density at radius 2 is 1.89 bits per heavy atom. The van der Waals surface area contributed by atoms with Crippen molar-refractivity contribution in [2.75, 3.05) is 0 Å². The molecule has 0 bridgehead atoms. The highest BCUT2D eigenvalue weighted by molar-refractivity contribution is 9.10. The molecule has 0 heterocycles. The Hall–Kier alpha value is -0.610. The average molecular weight is 363 g/mol. The van der Waals surface area contributed by atoms with E-state index in [-0.39, 0.29) is 5.02 Å². The molecule has 2 N–H and O–H groups in total. The molecule has 1 unspecified atom stereocenters. The number of benzene rings is 2. The van der Waals surface area contributed by atoms with Gasteiger partial charge in [-0.1, -0.05) is 41.4 Å². The minimum Gasteiger partial charge on any atom is -0.318 e. The van der Waals surface area contributed by atoms with Crippen LogP contribution in [-0.2, 0) is 5.54 Å². The third-order valence-corrected chi connectivity index (χ3v) is 4.51. The molecule has 0 fully saturated rings. The summed E-state index contributed by atoms with van der Waals surface area (Å²) in [6.07, 6.45) is 0. The zero-order valence-corrected chi connectivity index (χ0v) is 13.2. The van der Waals surface area contributed by atoms with E-state index in [9.17, 15) is 4.39 Å². The summed E-state index contributed by atoms with van der Waals surface area (Å²) in [6.45, 7) is 1.72. The second kappa shape index (κ2) is 5.41. The largest absolute Gasteiger partial charge is 0.318 e. The molecule has 0 saturated heterocycles. The van der Waals surface area contributed by atoms with Crippen LogP contribution in [0.5, 0.6) is 0 Å². The lowest BCUT2D eigenvalue weighted by Gasteiger charge is -2.27. The molecule has 0 saturated carbocycles. The van der Waals surface area contributed by atoms with E-state index in [1.165, 1.54) is 0 Å². The smallest absolute Gasteiger partial charge is 0.148 e. The Balaban J connectivity index is 2.60. The van der Waals surface area contributed by atoms with Crippen LogP contribution in [-0.4, -0.2) is 0 Å². The third kappa shape index (κ3) is 2.79. The monoisotopic (exact) mass is 361 g/mol. The van der Waals surface area contributed by atoms with Crippen molar-refractivity contribution in [2.45, 2.75) is 12.5 Å². The summed E-state index contributed by atoms with van der Waals surface area (Å²) in [4.78, 5) is 0. The highest BCUT2D eigenvalue weighted by atomic mass is 79.9. The SMILES string of the molecule is CC(N)(c1cccc(Cl)c1)c1ccc(Br)c(Cl)c1F. The van der Waals surface area contributed by atoms with Crippen LogP contribution in [0.2, 0.25) is 10.0 Å². The number of hydrogen-bond acceptors (Lipinski definition) is 1. The van der Waals surface area contributed by atoms with Gasteiger partial charge in [0.05, 0.1) is 10.6 Å². The molecule has 2 aromatic rings. The van der Waals surface area contributed by atoms with Crippen molar-refractivity contribution in [3.05, 3.63) is 67.9 Å². The van der Waals surface area contributed by atoms with E-state index in [2.05, 4.69) is 15.9 Å². The van der Waals surface area contributed by atoms with Crippen LogP contribution in [0.4, 0.5) is 4.39 Å². The van der Waals surface area contributed by atoms with Gasteiger partial charge in [-0.3, -0.25) is 0 Å². The van der Waals surface area contributed by atoms with Gasteiger partial charge in [0.2, 0.25) is 0 Å². The summed E-state index contributed by atoms with van der Waals surface area (Å²) in [7, 11) is 0. The molecule has 0 aromatic heterocycles. The summed E-state index contributed by atoms with van der Waals surface area (Å²) in [5, 5.41) is 0.578. The molecule has 1 nitrogen and oxygen atoms in total. The maximum absolute atomic E-state index is 14.3. The van der Waals surface area contributed by atoms with Crippen LogP contribution >= 0.6 is 39.1 Å². The molecule has 1 atom stereocenters. The van der Waals surface area contributed by atoms with Crippen molar-refractivity contribution in [3.8, 4) is 0 Å². The number of nitrogens with two attached hydrogens (primary N) is 1. The van der Waals surface area contributed by atoms with E-state index in [1.54, 1.807) is 43.3 Å². The van der Waals surface area contributed by atoms with Gasteiger partial charge in [0.25, 0.3) is 0 Å². The van der Waals surface area contributed by atoms with E-state index in [0.717, 1.165) is 5.56 Å². The van der Waals surface area contributed by atoms with Crippen LogP contribution in [0.1, 0.15) is 18.1 Å². The number of rotatable bonds is 2. The second-order valence-electron chi connectivity index (χ2n) is 4.44. The fourth-order valence-corrected chi connectivity index (χ4v) is 2.56. The molecule has 2 aromatic carbocycles. The van der Waals surface area contributed by atoms with Crippen molar-refractivity contribution < 1.29 is 4.39 Å². The zero-order valence-electron chi connectivity index (χ0n) is 10.1. The molecule has 5 heteroatoms. The molecular formula is C14H11BrCl2FN. The van der Waals surface area contributed by atoms with Gasteiger partial charge in [-0.05, 0) is 46.6 Å². The molecule has 0 aliphatic carbocycles. The lowest BCUT2D eigenvalue weighted by molar-refractivity contribution is 0.530. The van der Waals surface area contributed by atoms with Gasteiger partial charge in [-0.25, -0.2) is 4.39 Å². The molecule has 0 amide bonds. The fourth-order valence-electron chi connectivity index (χ4n) is 1.89. The highest BCUT2D eigenvalue weighted by Gasteiger charge is 2.28. The maximum Gasteiger partial charge on any atom is 0.148 e. The lowest BCUT2D eigenvalue weighted by atomic mass is 9.85. The topological polar surface area (TPSA) is 26.0 Å². The molecule has 2 rings (SSSR count). The van der Waals surface area contributed by atoms with Crippen LogP contribution < -0.4 is 5.73 Å². The predicted molar refractivity (Wildman–Crippen MR) is 81.2 cm³/mol. The standard InChI is InChI=1S/C14H11BrCl2FN/c1-14(19,8-3-2-4-9(16)7-8)10-5-6-11(15)12(17)13(10)18/h2-7H,19H2,1H3. The second-order valence-corrected chi connectivity index (χ2v) is 6.10. The van der Waals surface area contributed by atoms with Crippen molar-refractivity contribution in [1.29, 1.82) is 0 Å². The molecular weight excluding hydrogens is 352 g/mol. The van der Waals surface area contributed by atoms with Crippen molar-refractivity contribution in [1.82, 2.24) is 0 Å². The van der Waals surface area contributed by atoms with E-state index in [4.69, 9.17) is 28.9 Å². The normalized spacial score (nSPS) is 14.2. The Morgan fingerprint density at radius 1 is 1.21 bits per heavy atom. The Morgan fingerprint density at radius 3 is 2.53 bits per heavy atom. The average Bonchev–Trinajstić information content (AvgIpc) is 2.36. The van der Waals surface area contributed by atoms with Crippen molar-refractivity contribution in [2.24, 2.45) is 5.73 Å². The third-order valence-electron chi connectivity index (χ3n) is 3.02. The predicted octanol–water partition coefficient (Wildman–Crippen LogP) is 5.12. The number of hydrogen-bond donors (Lipinski definition) is 1. The van der Waals surface area contributed by atoms with Gasteiger partial charge < -0.3 is 5.73 Å². The quantitative estimate of drug-likeness (QED) is 0.737. The lowest BCUT2D eigenvalue weighted by Crippen LogP contribution is -2.35. The van der Waals surface area contributed by atoms with Gasteiger partial charge in [-0.15, -0.1) is 0 Å². The Labute approximate surface area is 129 Å². The molecule has 0 aliphatic rings. The first kappa shape index (κ1) is 14.8. The van der Waals surface area contributed by atoms with E-state index >= 15 is 0 Å². The summed E-state index contributed by atoms with van der Waals surface area (Å²) in [6, 6.07) is 10.3. The van der Waals surface area contributed by atoms with Gasteiger partial charge in [0.15, 0.2) is 0 Å². The fraction of sp³-hybridized carbons (Fsp3) is 0.143. The molecule has 0 aliphatic heterocycles. The van der Waals surface area contributed by atoms with E-state index < -0.39 is 11.4 Å². The van der Waals surface area contributed by atoms with Crippen LogP contribution in [0.25, 0.3) is 0 Å². The highest BCUT2D eigenvalue weighted by Crippen LogP contribution is 2.35. The van der Waals surface area contributed by atoms with Gasteiger partial charge in [-0.2, -0.15) is 0 Å². The maximum atomic E-state index is 14.3. The molecule has 0 spiro atoms. The minimum atomic E-state index is -1.01. The van der Waals surface area contributed by atoms with Crippen LogP contribution in [0.3, 0.4) is 0 Å². The van der Waals surface area contributed by atoms with Crippen LogP contribution in [0.15, 0.2) is 40.9 Å². The Kier molecular flexibility index (Phi) is 4.21. The Bertz CT molecular complexity index is 629. The summed E-state index contributed by atoms with van der Waals surface area (Å²) >= 11 is 15.0. The summed E-state index contributed by atoms with van der Waals surface area (Å²) in [5.41, 5.74) is 6.30. The molecule has 100 valence electrons. The van der Waals surface area contributed by atoms with E-state index in [1.807, 2.05) is 0 Å². The van der Waals surface area contributed by atoms with E-state index in [0.29, 0.717) is 15.1 Å². The number of halogens is 4. The van der Waals surface area contributed by atoms with Gasteiger partial charge in [0.1, 0.15) is 5.82 Å². The van der Waals surface area contributed by atoms with Crippen LogP contribution in [0, 0.1) is 5.82 Å². The summed E-state index contributed by atoms with van der Waals surface area (Å²) in [5.74, 6) is -0.527. The van der Waals surface area contributed by atoms with Gasteiger partial charge >= 0.3 is 0 Å². The zero-order chi connectivity index (χ0) is 14.2. The van der Waals surface area contributed by atoms with Crippen molar-refractivity contribution in [3.63, 3.8) is 0 Å².